The van der Waals surface area contributed by atoms with Gasteiger partial charge in [-0.15, -0.1) is 0 Å². The van der Waals surface area contributed by atoms with Crippen molar-refractivity contribution in [2.75, 3.05) is 32.8 Å². The second kappa shape index (κ2) is 6.74. The number of likely N-dealkylation sites (tertiary alicyclic amines) is 1. The number of rotatable bonds is 4. The van der Waals surface area contributed by atoms with E-state index in [1.165, 1.54) is 0 Å². The number of ether oxygens (including phenoxy) is 2. The van der Waals surface area contributed by atoms with Gasteiger partial charge in [0.2, 0.25) is 5.91 Å². The molecular weight excluding hydrogens is 334 g/mol. The lowest BCUT2D eigenvalue weighted by Crippen LogP contribution is -2.53. The fourth-order valence-corrected chi connectivity index (χ4v) is 3.75. The van der Waals surface area contributed by atoms with Crippen molar-refractivity contribution in [1.82, 2.24) is 15.2 Å². The molecule has 26 heavy (non-hydrogen) atoms. The number of carbonyl (C=O) groups excluding carboxylic acids is 1. The minimum absolute atomic E-state index is 0.0647. The summed E-state index contributed by atoms with van der Waals surface area (Å²) >= 11 is 0. The lowest BCUT2D eigenvalue weighted by Gasteiger charge is -2.33. The Morgan fingerprint density at radius 2 is 2.19 bits per heavy atom. The first-order valence-electron chi connectivity index (χ1n) is 8.99. The Morgan fingerprint density at radius 3 is 2.96 bits per heavy atom. The molecule has 4 rings (SSSR count). The average molecular weight is 357 g/mol. The van der Waals surface area contributed by atoms with Crippen LogP contribution in [0.1, 0.15) is 18.9 Å². The van der Waals surface area contributed by atoms with Gasteiger partial charge in [0.25, 0.3) is 5.56 Å². The highest BCUT2D eigenvalue weighted by Crippen LogP contribution is 2.28. The number of fused-ring (bicyclic) bond motifs is 1. The predicted molar refractivity (Wildman–Crippen MR) is 97.3 cm³/mol. The molecule has 3 heterocycles. The minimum atomic E-state index is -0.320. The van der Waals surface area contributed by atoms with E-state index in [4.69, 9.17) is 9.47 Å². The number of amides is 1. The van der Waals surface area contributed by atoms with Crippen LogP contribution in [0, 0.1) is 0 Å². The molecule has 2 aromatic rings. The van der Waals surface area contributed by atoms with Gasteiger partial charge in [0.1, 0.15) is 12.4 Å². The van der Waals surface area contributed by atoms with E-state index < -0.39 is 0 Å². The fourth-order valence-electron chi connectivity index (χ4n) is 3.75. The molecule has 0 bridgehead atoms. The lowest BCUT2D eigenvalue weighted by atomic mass is 10.0. The zero-order chi connectivity index (χ0) is 18.1. The Kier molecular flexibility index (Phi) is 4.42. The number of nitrogens with one attached hydrogen (secondary N) is 2. The first-order valence-corrected chi connectivity index (χ1v) is 8.99. The van der Waals surface area contributed by atoms with Crippen molar-refractivity contribution >= 4 is 16.8 Å². The zero-order valence-corrected chi connectivity index (χ0v) is 14.8. The largest absolute Gasteiger partial charge is 0.494 e. The van der Waals surface area contributed by atoms with Gasteiger partial charge in [-0.2, -0.15) is 0 Å². The summed E-state index contributed by atoms with van der Waals surface area (Å²) in [6, 6.07) is 7.62. The number of H-pyrrole nitrogens is 1. The first-order chi connectivity index (χ1) is 12.6. The Labute approximate surface area is 151 Å². The van der Waals surface area contributed by atoms with E-state index in [9.17, 15) is 9.59 Å². The van der Waals surface area contributed by atoms with Crippen LogP contribution in [0.15, 0.2) is 29.1 Å². The van der Waals surface area contributed by atoms with Gasteiger partial charge < -0.3 is 19.8 Å². The maximum atomic E-state index is 12.4. The number of benzene rings is 1. The van der Waals surface area contributed by atoms with Gasteiger partial charge >= 0.3 is 0 Å². The molecule has 138 valence electrons. The lowest BCUT2D eigenvalue weighted by molar-refractivity contribution is -0.142. The summed E-state index contributed by atoms with van der Waals surface area (Å²) in [5.74, 6) is 0.731. The highest BCUT2D eigenvalue weighted by Gasteiger charge is 2.42. The molecule has 2 aliphatic rings. The van der Waals surface area contributed by atoms with E-state index in [1.807, 2.05) is 31.2 Å². The van der Waals surface area contributed by atoms with Gasteiger partial charge in [0.15, 0.2) is 0 Å². The fraction of sp³-hybridized carbons (Fsp3) is 0.474. The predicted octanol–water partition coefficient (Wildman–Crippen LogP) is 1.02. The second-order valence-corrected chi connectivity index (χ2v) is 7.01. The molecule has 1 amide bonds. The molecule has 7 nitrogen and oxygen atoms in total. The normalized spacial score (nSPS) is 23.5. The molecule has 1 aromatic carbocycles. The minimum Gasteiger partial charge on any atom is -0.494 e. The van der Waals surface area contributed by atoms with Gasteiger partial charge in [-0.3, -0.25) is 14.5 Å². The van der Waals surface area contributed by atoms with Gasteiger partial charge in [-0.05, 0) is 37.6 Å². The van der Waals surface area contributed by atoms with E-state index in [0.717, 1.165) is 35.2 Å². The molecule has 2 aliphatic heterocycles. The molecular formula is C19H23N3O4. The van der Waals surface area contributed by atoms with Crippen molar-refractivity contribution in [3.8, 4) is 5.75 Å². The number of morpholine rings is 1. The molecule has 2 saturated heterocycles. The second-order valence-electron chi connectivity index (χ2n) is 7.01. The van der Waals surface area contributed by atoms with E-state index in [-0.39, 0.29) is 23.7 Å². The summed E-state index contributed by atoms with van der Waals surface area (Å²) in [6.07, 6.45) is 0.854. The monoisotopic (exact) mass is 357 g/mol. The summed E-state index contributed by atoms with van der Waals surface area (Å²) in [5, 5.41) is 3.84. The third kappa shape index (κ3) is 3.32. The molecule has 1 atom stereocenters. The number of hydrogen-bond donors (Lipinski definition) is 2. The van der Waals surface area contributed by atoms with Crippen LogP contribution >= 0.6 is 0 Å². The van der Waals surface area contributed by atoms with Crippen LogP contribution < -0.4 is 15.6 Å². The van der Waals surface area contributed by atoms with Gasteiger partial charge in [0.05, 0.1) is 12.2 Å². The average Bonchev–Trinajstić information content (AvgIpc) is 3.02. The smallest absolute Gasteiger partial charge is 0.252 e. The molecule has 7 heteroatoms. The number of hydrogen-bond acceptors (Lipinski definition) is 5. The van der Waals surface area contributed by atoms with Crippen LogP contribution in [0.3, 0.4) is 0 Å². The molecule has 0 saturated carbocycles. The van der Waals surface area contributed by atoms with Gasteiger partial charge in [-0.1, -0.05) is 0 Å². The summed E-state index contributed by atoms with van der Waals surface area (Å²) < 4.78 is 11.3. The summed E-state index contributed by atoms with van der Waals surface area (Å²) in [6.45, 7) is 5.31. The van der Waals surface area contributed by atoms with Crippen LogP contribution in [0.5, 0.6) is 5.75 Å². The quantitative estimate of drug-likeness (QED) is 0.854. The Hall–Kier alpha value is -2.38. The number of nitrogens with zero attached hydrogens (tertiary/aromatic N) is 1. The topological polar surface area (TPSA) is 83.7 Å². The summed E-state index contributed by atoms with van der Waals surface area (Å²) in [7, 11) is 0. The van der Waals surface area contributed by atoms with Crippen molar-refractivity contribution < 1.29 is 14.3 Å². The number of aromatic nitrogens is 1. The zero-order valence-electron chi connectivity index (χ0n) is 14.8. The molecule has 0 radical (unpaired) electrons. The molecule has 1 aromatic heterocycles. The van der Waals surface area contributed by atoms with Crippen molar-refractivity contribution in [2.45, 2.75) is 25.5 Å². The highest BCUT2D eigenvalue weighted by molar-refractivity contribution is 5.80. The number of carbonyl (C=O) groups is 1. The van der Waals surface area contributed by atoms with Crippen molar-refractivity contribution in [3.05, 3.63) is 40.2 Å². The Morgan fingerprint density at radius 1 is 1.31 bits per heavy atom. The third-order valence-corrected chi connectivity index (χ3v) is 5.11. The summed E-state index contributed by atoms with van der Waals surface area (Å²) in [5.41, 5.74) is 1.14. The van der Waals surface area contributed by atoms with Gasteiger partial charge in [0, 0.05) is 42.6 Å². The van der Waals surface area contributed by atoms with E-state index in [1.54, 1.807) is 0 Å². The summed E-state index contributed by atoms with van der Waals surface area (Å²) in [4.78, 5) is 28.9. The van der Waals surface area contributed by atoms with Crippen molar-refractivity contribution in [1.29, 1.82) is 0 Å². The first kappa shape index (κ1) is 17.1. The third-order valence-electron chi connectivity index (χ3n) is 5.11. The maximum absolute atomic E-state index is 12.4. The van der Waals surface area contributed by atoms with Crippen LogP contribution in [-0.2, 0) is 16.1 Å². The van der Waals surface area contributed by atoms with Crippen molar-refractivity contribution in [3.63, 3.8) is 0 Å². The molecule has 2 N–H and O–H groups in total. The Balaban J connectivity index is 1.52. The molecule has 0 aliphatic carbocycles. The highest BCUT2D eigenvalue weighted by atomic mass is 16.5. The molecule has 1 unspecified atom stereocenters. The van der Waals surface area contributed by atoms with Crippen molar-refractivity contribution in [2.24, 2.45) is 0 Å². The van der Waals surface area contributed by atoms with Crippen LogP contribution in [0.2, 0.25) is 0 Å². The Bertz CT molecular complexity index is 882. The molecule has 1 spiro atoms. The van der Waals surface area contributed by atoms with Crippen LogP contribution in [-0.4, -0.2) is 54.2 Å². The van der Waals surface area contributed by atoms with Crippen LogP contribution in [0.4, 0.5) is 0 Å². The molecule has 2 fully saturated rings. The van der Waals surface area contributed by atoms with E-state index >= 15 is 0 Å². The standard InChI is InChI=1S/C19H23N3O4/c1-2-25-15-3-4-16-13(8-15)7-14(18(24)21-16)9-22-6-5-19(12-22)11-20-17(23)10-26-19/h3-4,7-8H,2,5-6,9-12H2,1H3,(H,20,23)(H,21,24). The van der Waals surface area contributed by atoms with E-state index in [0.29, 0.717) is 26.2 Å². The van der Waals surface area contributed by atoms with E-state index in [2.05, 4.69) is 15.2 Å². The van der Waals surface area contributed by atoms with Crippen LogP contribution in [0.25, 0.3) is 10.9 Å². The maximum Gasteiger partial charge on any atom is 0.252 e. The SMILES string of the molecule is CCOc1ccc2[nH]c(=O)c(CN3CCC4(CNC(=O)CO4)C3)cc2c1. The van der Waals surface area contributed by atoms with Gasteiger partial charge in [-0.25, -0.2) is 0 Å². The number of aromatic amines is 1. The number of pyridine rings is 1.